The fraction of sp³-hybridized carbons (Fsp3) is 0.286. The summed E-state index contributed by atoms with van der Waals surface area (Å²) in [7, 11) is 0. The molecule has 12 heavy (non-hydrogen) atoms. The highest BCUT2D eigenvalue weighted by Crippen LogP contribution is 2.06. The van der Waals surface area contributed by atoms with Crippen molar-refractivity contribution in [3.8, 4) is 0 Å². The van der Waals surface area contributed by atoms with E-state index < -0.39 is 5.97 Å². The van der Waals surface area contributed by atoms with Crippen LogP contribution in [-0.4, -0.2) is 17.6 Å². The van der Waals surface area contributed by atoms with E-state index in [9.17, 15) is 4.79 Å². The van der Waals surface area contributed by atoms with E-state index in [-0.39, 0.29) is 6.54 Å². The molecular weight excluding hydrogens is 176 g/mol. The zero-order valence-electron chi connectivity index (χ0n) is 6.41. The van der Waals surface area contributed by atoms with E-state index >= 15 is 0 Å². The van der Waals surface area contributed by atoms with E-state index in [2.05, 4.69) is 10.9 Å². The van der Waals surface area contributed by atoms with Gasteiger partial charge >= 0.3 is 5.97 Å². The number of hydrogen-bond acceptors (Lipinski definition) is 4. The van der Waals surface area contributed by atoms with Crippen LogP contribution in [0.1, 0.15) is 4.88 Å². The molecule has 3 N–H and O–H groups in total. The van der Waals surface area contributed by atoms with Crippen molar-refractivity contribution in [1.82, 2.24) is 10.9 Å². The van der Waals surface area contributed by atoms with Gasteiger partial charge in [0.1, 0.15) is 6.54 Å². The second-order valence-corrected chi connectivity index (χ2v) is 3.21. The number of rotatable bonds is 5. The zero-order valence-corrected chi connectivity index (χ0v) is 7.23. The lowest BCUT2D eigenvalue weighted by molar-refractivity contribution is -0.136. The molecule has 0 bridgehead atoms. The second-order valence-electron chi connectivity index (χ2n) is 2.18. The van der Waals surface area contributed by atoms with E-state index in [1.165, 1.54) is 4.88 Å². The van der Waals surface area contributed by atoms with Crippen molar-refractivity contribution < 1.29 is 9.90 Å². The Bertz CT molecular complexity index is 236. The van der Waals surface area contributed by atoms with Crippen molar-refractivity contribution in [2.24, 2.45) is 0 Å². The zero-order chi connectivity index (χ0) is 8.81. The average Bonchev–Trinajstić information content (AvgIpc) is 2.49. The Morgan fingerprint density at radius 2 is 2.42 bits per heavy atom. The van der Waals surface area contributed by atoms with Crippen molar-refractivity contribution in [3.05, 3.63) is 22.4 Å². The highest BCUT2D eigenvalue weighted by atomic mass is 32.1. The van der Waals surface area contributed by atoms with E-state index in [0.29, 0.717) is 6.54 Å². The van der Waals surface area contributed by atoms with Gasteiger partial charge in [0.05, 0.1) is 0 Å². The van der Waals surface area contributed by atoms with E-state index in [0.717, 1.165) is 0 Å². The molecule has 4 nitrogen and oxygen atoms in total. The lowest BCUT2D eigenvalue weighted by Gasteiger charge is -2.01. The summed E-state index contributed by atoms with van der Waals surface area (Å²) in [6.45, 7) is 0.594. The lowest BCUT2D eigenvalue weighted by atomic mass is 10.5. The first kappa shape index (κ1) is 9.18. The van der Waals surface area contributed by atoms with Gasteiger partial charge in [-0.3, -0.25) is 10.2 Å². The number of nitrogens with one attached hydrogen (secondary N) is 2. The number of carboxylic acids is 1. The molecule has 0 saturated heterocycles. The first-order valence-electron chi connectivity index (χ1n) is 3.49. The van der Waals surface area contributed by atoms with Crippen LogP contribution in [0.3, 0.4) is 0 Å². The summed E-state index contributed by atoms with van der Waals surface area (Å²) in [6.07, 6.45) is 0. The third-order valence-electron chi connectivity index (χ3n) is 1.21. The third kappa shape index (κ3) is 3.47. The smallest absolute Gasteiger partial charge is 0.318 e. The first-order chi connectivity index (χ1) is 5.79. The molecule has 0 unspecified atom stereocenters. The molecule has 0 atom stereocenters. The molecule has 0 spiro atoms. The maximum absolute atomic E-state index is 10.1. The molecule has 1 aromatic heterocycles. The number of carboxylic acid groups (broad SMARTS) is 1. The molecule has 1 heterocycles. The molecule has 0 fully saturated rings. The van der Waals surface area contributed by atoms with Gasteiger partial charge in [0.15, 0.2) is 0 Å². The highest BCUT2D eigenvalue weighted by Gasteiger charge is 1.94. The van der Waals surface area contributed by atoms with E-state index in [4.69, 9.17) is 5.11 Å². The van der Waals surface area contributed by atoms with Crippen LogP contribution >= 0.6 is 11.3 Å². The fourth-order valence-electron chi connectivity index (χ4n) is 0.701. The minimum atomic E-state index is -0.867. The summed E-state index contributed by atoms with van der Waals surface area (Å²) in [4.78, 5) is 11.2. The maximum atomic E-state index is 10.1. The normalized spacial score (nSPS) is 10.0. The number of aliphatic carboxylic acids is 1. The van der Waals surface area contributed by atoms with Gasteiger partial charge in [-0.1, -0.05) is 6.07 Å². The van der Waals surface area contributed by atoms with Crippen LogP contribution in [0.2, 0.25) is 0 Å². The summed E-state index contributed by atoms with van der Waals surface area (Å²) < 4.78 is 0. The Morgan fingerprint density at radius 1 is 1.58 bits per heavy atom. The summed E-state index contributed by atoms with van der Waals surface area (Å²) in [6, 6.07) is 3.94. The van der Waals surface area contributed by atoms with Crippen LogP contribution in [0.5, 0.6) is 0 Å². The molecule has 0 saturated carbocycles. The number of carbonyl (C=O) groups is 1. The van der Waals surface area contributed by atoms with Gasteiger partial charge in [0, 0.05) is 11.4 Å². The topological polar surface area (TPSA) is 61.4 Å². The number of hydrazine groups is 1. The predicted molar refractivity (Wildman–Crippen MR) is 46.8 cm³/mol. The molecule has 0 aliphatic heterocycles. The van der Waals surface area contributed by atoms with Crippen LogP contribution in [0.4, 0.5) is 0 Å². The van der Waals surface area contributed by atoms with Crippen LogP contribution < -0.4 is 10.9 Å². The molecule has 1 rings (SSSR count). The summed E-state index contributed by atoms with van der Waals surface area (Å²) in [5.74, 6) is -0.867. The molecule has 0 aliphatic rings. The second kappa shape index (κ2) is 4.87. The molecule has 5 heteroatoms. The van der Waals surface area contributed by atoms with Crippen molar-refractivity contribution in [2.45, 2.75) is 6.54 Å². The van der Waals surface area contributed by atoms with E-state index in [1.807, 2.05) is 17.5 Å². The van der Waals surface area contributed by atoms with Gasteiger partial charge in [-0.25, -0.2) is 5.43 Å². The Kier molecular flexibility index (Phi) is 3.72. The monoisotopic (exact) mass is 186 g/mol. The molecule has 0 amide bonds. The van der Waals surface area contributed by atoms with Crippen molar-refractivity contribution in [1.29, 1.82) is 0 Å². The predicted octanol–water partition coefficient (Wildman–Crippen LogP) is 0.427. The van der Waals surface area contributed by atoms with Crippen LogP contribution in [0.25, 0.3) is 0 Å². The molecule has 0 aromatic carbocycles. The molecule has 0 aliphatic carbocycles. The maximum Gasteiger partial charge on any atom is 0.318 e. The van der Waals surface area contributed by atoms with Gasteiger partial charge in [0.25, 0.3) is 0 Å². The Morgan fingerprint density at radius 3 is 3.00 bits per heavy atom. The first-order valence-corrected chi connectivity index (χ1v) is 4.37. The summed E-state index contributed by atoms with van der Waals surface area (Å²) in [5.41, 5.74) is 5.38. The average molecular weight is 186 g/mol. The lowest BCUT2D eigenvalue weighted by Crippen LogP contribution is -2.35. The summed E-state index contributed by atoms with van der Waals surface area (Å²) >= 11 is 1.63. The van der Waals surface area contributed by atoms with Crippen molar-refractivity contribution in [3.63, 3.8) is 0 Å². The SMILES string of the molecule is O=C(O)CNNCc1cccs1. The number of thiophene rings is 1. The Hall–Kier alpha value is -0.910. The molecule has 0 radical (unpaired) electrons. The Balaban J connectivity index is 2.07. The van der Waals surface area contributed by atoms with Gasteiger partial charge in [-0.2, -0.15) is 0 Å². The Labute approximate surface area is 74.2 Å². The minimum Gasteiger partial charge on any atom is -0.480 e. The van der Waals surface area contributed by atoms with Gasteiger partial charge in [0.2, 0.25) is 0 Å². The minimum absolute atomic E-state index is 0.0641. The van der Waals surface area contributed by atoms with Crippen LogP contribution in [0, 0.1) is 0 Å². The van der Waals surface area contributed by atoms with Crippen LogP contribution in [0.15, 0.2) is 17.5 Å². The molecule has 1 aromatic rings. The highest BCUT2D eigenvalue weighted by molar-refractivity contribution is 7.09. The molecule has 66 valence electrons. The van der Waals surface area contributed by atoms with Gasteiger partial charge in [-0.15, -0.1) is 11.3 Å². The quantitative estimate of drug-likeness (QED) is 0.461. The largest absolute Gasteiger partial charge is 0.480 e. The summed E-state index contributed by atoms with van der Waals surface area (Å²) in [5, 5.41) is 10.3. The van der Waals surface area contributed by atoms with Gasteiger partial charge in [-0.05, 0) is 11.4 Å². The van der Waals surface area contributed by atoms with Crippen LogP contribution in [-0.2, 0) is 11.3 Å². The van der Waals surface area contributed by atoms with Crippen molar-refractivity contribution >= 4 is 17.3 Å². The fourth-order valence-corrected chi connectivity index (χ4v) is 1.35. The third-order valence-corrected chi connectivity index (χ3v) is 2.08. The number of hydrogen-bond donors (Lipinski definition) is 3. The van der Waals surface area contributed by atoms with Gasteiger partial charge < -0.3 is 5.11 Å². The van der Waals surface area contributed by atoms with E-state index in [1.54, 1.807) is 11.3 Å². The van der Waals surface area contributed by atoms with Crippen molar-refractivity contribution in [2.75, 3.05) is 6.54 Å². The standard InChI is InChI=1S/C7H10N2O2S/c10-7(11)5-9-8-4-6-2-1-3-12-6/h1-3,8-9H,4-5H2,(H,10,11). The molecular formula is C7H10N2O2S.